The average Bonchev–Trinajstić information content (AvgIpc) is 4.04. The number of nitrogens with zero attached hydrogens (tertiary/aromatic N) is 1. The number of carbonyl (C=O) groups excluding carboxylic acids is 1. The number of hydrogen-bond donors (Lipinski definition) is 8. The van der Waals surface area contributed by atoms with E-state index in [1.165, 1.54) is 0 Å². The lowest BCUT2D eigenvalue weighted by Crippen LogP contribution is -2.50. The fourth-order valence-corrected chi connectivity index (χ4v) is 6.17. The molecule has 3 aromatic rings. The molecule has 2 aliphatic carbocycles. The Labute approximate surface area is 290 Å². The molecule has 5 rings (SSSR count). The molecule has 4 atom stereocenters. The van der Waals surface area contributed by atoms with Crippen LogP contribution in [0.4, 0.5) is 4.79 Å². The fourth-order valence-electron chi connectivity index (χ4n) is 5.64. The first-order valence-corrected chi connectivity index (χ1v) is 17.1. The number of amides is 2. The van der Waals surface area contributed by atoms with E-state index in [-0.39, 0.29) is 12.1 Å². The van der Waals surface area contributed by atoms with Gasteiger partial charge in [-0.3, -0.25) is 4.98 Å². The van der Waals surface area contributed by atoms with Crippen LogP contribution in [-0.4, -0.2) is 86.8 Å². The summed E-state index contributed by atoms with van der Waals surface area (Å²) in [5, 5.41) is 57.7. The van der Waals surface area contributed by atoms with Gasteiger partial charge in [-0.2, -0.15) is 0 Å². The minimum Gasteiger partial charge on any atom is -0.490 e. The number of aliphatic hydroxyl groups is 5. The van der Waals surface area contributed by atoms with Gasteiger partial charge in [0.05, 0.1) is 18.8 Å². The second-order valence-electron chi connectivity index (χ2n) is 12.6. The zero-order valence-corrected chi connectivity index (χ0v) is 28.1. The van der Waals surface area contributed by atoms with E-state index in [2.05, 4.69) is 33.1 Å². The smallest absolute Gasteiger partial charge is 0.314 e. The van der Waals surface area contributed by atoms with Crippen LogP contribution in [0.3, 0.4) is 0 Å². The average molecular weight is 704 g/mol. The normalized spacial score (nSPS) is 17.6. The summed E-state index contributed by atoms with van der Waals surface area (Å²) in [6.07, 6.45) is 3.64. The van der Waals surface area contributed by atoms with Gasteiger partial charge in [-0.05, 0) is 91.5 Å². The quantitative estimate of drug-likeness (QED) is 0.0923. The molecule has 2 aliphatic rings. The lowest BCUT2D eigenvalue weighted by atomic mass is 9.94. The maximum absolute atomic E-state index is 12.1. The van der Waals surface area contributed by atoms with Crippen molar-refractivity contribution in [3.05, 3.63) is 81.6 Å². The summed E-state index contributed by atoms with van der Waals surface area (Å²) in [6, 6.07) is 13.5. The standard InChI is InChI=1S/C35H44Cl2N4O7/c36-27-16-22(28(37)15-21(27)5-3-4-13-39-34(47)40-19-29(43)32(45)33(46)30(44)20-42)17-41-35(11-12-35)26-18-38-14-10-24(26)25-6-1-2-7-31(25)48-23-8-9-23/h1-2,6-7,10,14-16,18,23,29-30,32-33,41-46H,3-5,8-9,11-13,17,19-20H2,(H2,39,40,47)/t29-,30+,32+,33+/m0/s1. The van der Waals surface area contributed by atoms with Crippen molar-refractivity contribution in [2.45, 2.75) is 87.5 Å². The van der Waals surface area contributed by atoms with Crippen LogP contribution >= 0.6 is 23.2 Å². The van der Waals surface area contributed by atoms with E-state index < -0.39 is 37.1 Å². The Bertz CT molecular complexity index is 1540. The van der Waals surface area contributed by atoms with Crippen molar-refractivity contribution in [2.24, 2.45) is 0 Å². The number of unbranched alkanes of at least 4 members (excludes halogenated alkanes) is 1. The predicted octanol–water partition coefficient (Wildman–Crippen LogP) is 3.43. The van der Waals surface area contributed by atoms with Crippen LogP contribution in [0, 0.1) is 0 Å². The van der Waals surface area contributed by atoms with Gasteiger partial charge in [-0.25, -0.2) is 4.79 Å². The first-order chi connectivity index (χ1) is 23.1. The van der Waals surface area contributed by atoms with Gasteiger partial charge in [-0.1, -0.05) is 41.4 Å². The van der Waals surface area contributed by atoms with Crippen LogP contribution in [-0.2, 0) is 18.5 Å². The second-order valence-corrected chi connectivity index (χ2v) is 13.4. The van der Waals surface area contributed by atoms with Crippen molar-refractivity contribution in [2.75, 3.05) is 19.7 Å². The zero-order chi connectivity index (χ0) is 34.3. The molecule has 0 bridgehead atoms. The molecule has 2 fully saturated rings. The molecular weight excluding hydrogens is 659 g/mol. The summed E-state index contributed by atoms with van der Waals surface area (Å²) in [5.41, 5.74) is 4.93. The molecule has 0 aliphatic heterocycles. The number of aromatic nitrogens is 1. The monoisotopic (exact) mass is 702 g/mol. The Morgan fingerprint density at radius 3 is 2.38 bits per heavy atom. The van der Waals surface area contributed by atoms with Crippen LogP contribution in [0.15, 0.2) is 54.9 Å². The molecule has 48 heavy (non-hydrogen) atoms. The van der Waals surface area contributed by atoms with Crippen molar-refractivity contribution in [1.82, 2.24) is 20.9 Å². The molecule has 1 aromatic heterocycles. The maximum atomic E-state index is 12.1. The second kappa shape index (κ2) is 16.6. The fraction of sp³-hybridized carbons (Fsp3) is 0.486. The number of nitrogens with one attached hydrogen (secondary N) is 3. The first-order valence-electron chi connectivity index (χ1n) is 16.4. The molecule has 2 amide bonds. The highest BCUT2D eigenvalue weighted by molar-refractivity contribution is 6.34. The predicted molar refractivity (Wildman–Crippen MR) is 183 cm³/mol. The Kier molecular flexibility index (Phi) is 12.6. The summed E-state index contributed by atoms with van der Waals surface area (Å²) < 4.78 is 6.23. The highest BCUT2D eigenvalue weighted by Gasteiger charge is 2.46. The van der Waals surface area contributed by atoms with Crippen molar-refractivity contribution in [1.29, 1.82) is 0 Å². The number of urea groups is 1. The maximum Gasteiger partial charge on any atom is 0.314 e. The summed E-state index contributed by atoms with van der Waals surface area (Å²) in [6.45, 7) is -0.233. The highest BCUT2D eigenvalue weighted by Crippen LogP contribution is 2.50. The topological polar surface area (TPSA) is 176 Å². The van der Waals surface area contributed by atoms with Gasteiger partial charge in [0.1, 0.15) is 24.1 Å². The number of pyridine rings is 1. The van der Waals surface area contributed by atoms with Gasteiger partial charge in [0.25, 0.3) is 0 Å². The largest absolute Gasteiger partial charge is 0.490 e. The Morgan fingerprint density at radius 2 is 1.65 bits per heavy atom. The number of hydrogen-bond acceptors (Lipinski definition) is 9. The minimum absolute atomic E-state index is 0.217. The Hall–Kier alpha value is -3.00. The van der Waals surface area contributed by atoms with Crippen LogP contribution in [0.5, 0.6) is 5.75 Å². The Balaban J connectivity index is 1.09. The lowest BCUT2D eigenvalue weighted by Gasteiger charge is -2.25. The molecule has 8 N–H and O–H groups in total. The molecule has 0 spiro atoms. The van der Waals surface area contributed by atoms with Crippen molar-refractivity contribution >= 4 is 29.2 Å². The third-order valence-corrected chi connectivity index (χ3v) is 9.57. The van der Waals surface area contributed by atoms with Gasteiger partial charge >= 0.3 is 6.03 Å². The van der Waals surface area contributed by atoms with Gasteiger partial charge < -0.3 is 46.2 Å². The SMILES string of the molecule is O=C(NCCCCc1cc(Cl)c(CNC2(c3cnccc3-c3ccccc3OC3CC3)CC2)cc1Cl)NC[C@H](O)[C@@H](O)[C@H](O)[C@H](O)CO. The van der Waals surface area contributed by atoms with E-state index in [9.17, 15) is 25.2 Å². The number of aryl methyl sites for hydroxylation is 1. The van der Waals surface area contributed by atoms with Crippen LogP contribution in [0.25, 0.3) is 11.1 Å². The van der Waals surface area contributed by atoms with Crippen LogP contribution in [0.1, 0.15) is 55.2 Å². The third-order valence-electron chi connectivity index (χ3n) is 8.87. The molecule has 13 heteroatoms. The summed E-state index contributed by atoms with van der Waals surface area (Å²) in [5.74, 6) is 0.901. The van der Waals surface area contributed by atoms with Crippen molar-refractivity contribution in [3.63, 3.8) is 0 Å². The molecular formula is C35H44Cl2N4O7. The van der Waals surface area contributed by atoms with Crippen LogP contribution in [0.2, 0.25) is 10.0 Å². The summed E-state index contributed by atoms with van der Waals surface area (Å²) >= 11 is 13.4. The molecule has 1 heterocycles. The molecule has 0 unspecified atom stereocenters. The molecule has 260 valence electrons. The summed E-state index contributed by atoms with van der Waals surface area (Å²) in [4.78, 5) is 16.5. The number of carbonyl (C=O) groups is 1. The third kappa shape index (κ3) is 9.36. The minimum atomic E-state index is -1.75. The molecule has 11 nitrogen and oxygen atoms in total. The number of aliphatic hydroxyl groups excluding tert-OH is 5. The van der Waals surface area contributed by atoms with E-state index in [0.29, 0.717) is 42.1 Å². The number of benzene rings is 2. The van der Waals surface area contributed by atoms with Crippen molar-refractivity contribution < 1.29 is 35.1 Å². The summed E-state index contributed by atoms with van der Waals surface area (Å²) in [7, 11) is 0. The van der Waals surface area contributed by atoms with E-state index in [1.807, 2.05) is 42.7 Å². The van der Waals surface area contributed by atoms with Gasteiger partial charge in [0, 0.05) is 53.2 Å². The number of para-hydroxylation sites is 1. The van der Waals surface area contributed by atoms with E-state index in [4.69, 9.17) is 33.0 Å². The molecule has 2 saturated carbocycles. The number of ether oxygens (including phenoxy) is 1. The lowest BCUT2D eigenvalue weighted by molar-refractivity contribution is -0.113. The zero-order valence-electron chi connectivity index (χ0n) is 26.6. The highest BCUT2D eigenvalue weighted by atomic mass is 35.5. The van der Waals surface area contributed by atoms with Crippen molar-refractivity contribution in [3.8, 4) is 16.9 Å². The number of halogens is 2. The van der Waals surface area contributed by atoms with Gasteiger partial charge in [-0.15, -0.1) is 0 Å². The van der Waals surface area contributed by atoms with E-state index >= 15 is 0 Å². The van der Waals surface area contributed by atoms with Gasteiger partial charge in [0.15, 0.2) is 0 Å². The van der Waals surface area contributed by atoms with E-state index in [1.54, 1.807) is 0 Å². The van der Waals surface area contributed by atoms with E-state index in [0.717, 1.165) is 65.7 Å². The molecule has 2 aromatic carbocycles. The number of rotatable bonds is 18. The van der Waals surface area contributed by atoms with Crippen LogP contribution < -0.4 is 20.7 Å². The molecule has 0 radical (unpaired) electrons. The molecule has 0 saturated heterocycles. The first kappa shape index (κ1) is 36.3. The van der Waals surface area contributed by atoms with Gasteiger partial charge in [0.2, 0.25) is 0 Å². The Morgan fingerprint density at radius 1 is 0.938 bits per heavy atom.